The lowest BCUT2D eigenvalue weighted by atomic mass is 9.63. The SMILES string of the molecule is N=C(N=C([OH2+])c1ccc(S(N)(=O)=O)cc1)C1(c2ccc(-c3cnc(N)nc3)cc2)CCC1. The predicted molar refractivity (Wildman–Crippen MR) is 123 cm³/mol. The van der Waals surface area contributed by atoms with Crippen molar-refractivity contribution in [2.24, 2.45) is 10.1 Å². The molecule has 0 spiro atoms. The Labute approximate surface area is 185 Å². The van der Waals surface area contributed by atoms with Crippen LogP contribution in [0.4, 0.5) is 5.95 Å². The highest BCUT2D eigenvalue weighted by molar-refractivity contribution is 7.89. The number of rotatable bonds is 5. The molecule has 1 aliphatic rings. The molecule has 0 saturated heterocycles. The van der Waals surface area contributed by atoms with Crippen LogP contribution in [0.15, 0.2) is 70.8 Å². The lowest BCUT2D eigenvalue weighted by Crippen LogP contribution is -2.41. The standard InChI is InChI=1S/C22H22N6O3S/c23-20(28-19(29)15-4-8-18(9-5-15)32(25,30)31)22(10-1-11-22)17-6-2-14(3-7-17)16-12-26-21(24)27-13-16/h2-9,12-13H,1,10-11H2,(H2,23,28,29)(H2,24,26,27)(H2,25,30,31)/p+1. The van der Waals surface area contributed by atoms with Crippen LogP contribution in [0.5, 0.6) is 0 Å². The number of nitrogens with one attached hydrogen (secondary N) is 1. The molecule has 1 heterocycles. The number of amidine groups is 1. The van der Waals surface area contributed by atoms with Gasteiger partial charge in [-0.2, -0.15) is 0 Å². The minimum absolute atomic E-state index is 0.0359. The summed E-state index contributed by atoms with van der Waals surface area (Å²) in [5.41, 5.74) is 8.17. The Balaban J connectivity index is 1.58. The average molecular weight is 452 g/mol. The minimum atomic E-state index is -3.81. The number of benzene rings is 2. The molecular weight excluding hydrogens is 428 g/mol. The van der Waals surface area contributed by atoms with Crippen LogP contribution in [0.2, 0.25) is 0 Å². The Kier molecular flexibility index (Phi) is 5.49. The van der Waals surface area contributed by atoms with E-state index in [-0.39, 0.29) is 22.6 Å². The maximum absolute atomic E-state index is 11.4. The zero-order valence-electron chi connectivity index (χ0n) is 17.1. The Morgan fingerprint density at radius 2 is 1.59 bits per heavy atom. The molecule has 4 rings (SSSR count). The van der Waals surface area contributed by atoms with Gasteiger partial charge >= 0.3 is 5.90 Å². The number of aliphatic imine (C=N–C) groups is 1. The number of hydrogen-bond donors (Lipinski definition) is 3. The van der Waals surface area contributed by atoms with Gasteiger partial charge in [-0.1, -0.05) is 30.7 Å². The molecule has 0 bridgehead atoms. The van der Waals surface area contributed by atoms with Crippen LogP contribution >= 0.6 is 0 Å². The first-order chi connectivity index (χ1) is 15.2. The second-order valence-corrected chi connectivity index (χ2v) is 9.28. The normalized spacial score (nSPS) is 15.7. The highest BCUT2D eigenvalue weighted by atomic mass is 32.2. The van der Waals surface area contributed by atoms with Gasteiger partial charge in [0.1, 0.15) is 5.84 Å². The predicted octanol–water partition coefficient (Wildman–Crippen LogP) is 1.94. The molecule has 32 heavy (non-hydrogen) atoms. The molecule has 0 unspecified atom stereocenters. The minimum Gasteiger partial charge on any atom is -0.578 e. The zero-order chi connectivity index (χ0) is 22.9. The Morgan fingerprint density at radius 1 is 1.00 bits per heavy atom. The molecule has 1 fully saturated rings. The fraction of sp³-hybridized carbons (Fsp3) is 0.182. The van der Waals surface area contributed by atoms with Gasteiger partial charge in [0.15, 0.2) is 0 Å². The molecule has 0 amide bonds. The quantitative estimate of drug-likeness (QED) is 0.305. The molecule has 1 aromatic heterocycles. The first-order valence-corrected chi connectivity index (χ1v) is 11.4. The topological polar surface area (TPSA) is 171 Å². The molecule has 7 N–H and O–H groups in total. The van der Waals surface area contributed by atoms with Gasteiger partial charge in [0, 0.05) is 18.0 Å². The second-order valence-electron chi connectivity index (χ2n) is 7.72. The second kappa shape index (κ2) is 8.13. The number of aromatic nitrogens is 2. The lowest BCUT2D eigenvalue weighted by molar-refractivity contribution is 0.336. The third-order valence-corrected chi connectivity index (χ3v) is 6.71. The average Bonchev–Trinajstić information content (AvgIpc) is 2.73. The molecule has 0 atom stereocenters. The van der Waals surface area contributed by atoms with Crippen molar-refractivity contribution < 1.29 is 13.5 Å². The van der Waals surface area contributed by atoms with E-state index < -0.39 is 15.4 Å². The Bertz CT molecular complexity index is 1280. The van der Waals surface area contributed by atoms with Crippen molar-refractivity contribution in [3.63, 3.8) is 0 Å². The number of nitrogen functional groups attached to an aromatic ring is 1. The van der Waals surface area contributed by atoms with E-state index in [1.807, 2.05) is 24.3 Å². The molecule has 3 aromatic rings. The van der Waals surface area contributed by atoms with E-state index in [1.54, 1.807) is 12.4 Å². The first kappa shape index (κ1) is 21.6. The van der Waals surface area contributed by atoms with E-state index >= 15 is 0 Å². The zero-order valence-corrected chi connectivity index (χ0v) is 17.9. The van der Waals surface area contributed by atoms with Gasteiger partial charge in [0.2, 0.25) is 16.0 Å². The summed E-state index contributed by atoms with van der Waals surface area (Å²) in [6, 6.07) is 13.4. The Hall–Kier alpha value is -3.63. The summed E-state index contributed by atoms with van der Waals surface area (Å²) in [6.07, 6.45) is 5.85. The van der Waals surface area contributed by atoms with Gasteiger partial charge in [-0.15, -0.1) is 4.99 Å². The summed E-state index contributed by atoms with van der Waals surface area (Å²) < 4.78 is 22.8. The summed E-state index contributed by atoms with van der Waals surface area (Å²) in [5, 5.41) is 22.0. The van der Waals surface area contributed by atoms with Gasteiger partial charge in [0.05, 0.1) is 15.9 Å². The van der Waals surface area contributed by atoms with Crippen molar-refractivity contribution in [2.45, 2.75) is 29.6 Å². The van der Waals surface area contributed by atoms with Crippen molar-refractivity contribution >= 4 is 27.7 Å². The van der Waals surface area contributed by atoms with Gasteiger partial charge < -0.3 is 10.8 Å². The molecule has 2 aromatic carbocycles. The van der Waals surface area contributed by atoms with Crippen molar-refractivity contribution in [1.29, 1.82) is 5.41 Å². The van der Waals surface area contributed by atoms with E-state index in [0.29, 0.717) is 5.56 Å². The van der Waals surface area contributed by atoms with Crippen molar-refractivity contribution in [3.8, 4) is 11.1 Å². The highest BCUT2D eigenvalue weighted by Gasteiger charge is 2.43. The van der Waals surface area contributed by atoms with E-state index in [9.17, 15) is 8.42 Å². The van der Waals surface area contributed by atoms with Crippen LogP contribution in [0.3, 0.4) is 0 Å². The highest BCUT2D eigenvalue weighted by Crippen LogP contribution is 2.45. The van der Waals surface area contributed by atoms with E-state index in [1.165, 1.54) is 24.3 Å². The number of nitrogens with zero attached hydrogens (tertiary/aromatic N) is 3. The van der Waals surface area contributed by atoms with Crippen LogP contribution in [0, 0.1) is 5.41 Å². The largest absolute Gasteiger partial charge is 0.578 e. The monoisotopic (exact) mass is 451 g/mol. The fourth-order valence-corrected chi connectivity index (χ4v) is 4.26. The van der Waals surface area contributed by atoms with E-state index in [4.69, 9.17) is 21.4 Å². The van der Waals surface area contributed by atoms with Crippen molar-refractivity contribution in [3.05, 3.63) is 72.1 Å². The molecular formula is C22H23N6O3S+. The summed E-state index contributed by atoms with van der Waals surface area (Å²) in [7, 11) is -3.81. The number of sulfonamides is 1. The number of primary sulfonamides is 1. The molecule has 9 nitrogen and oxygen atoms in total. The summed E-state index contributed by atoms with van der Waals surface area (Å²) in [5.74, 6) is 0.237. The van der Waals surface area contributed by atoms with Crippen LogP contribution in [0.25, 0.3) is 11.1 Å². The molecule has 1 saturated carbocycles. The fourth-order valence-electron chi connectivity index (χ4n) is 3.75. The van der Waals surface area contributed by atoms with Crippen LogP contribution in [0.1, 0.15) is 30.4 Å². The van der Waals surface area contributed by atoms with Gasteiger partial charge in [0.25, 0.3) is 0 Å². The van der Waals surface area contributed by atoms with Crippen molar-refractivity contribution in [1.82, 2.24) is 9.97 Å². The Morgan fingerprint density at radius 3 is 2.09 bits per heavy atom. The number of hydrogen-bond acceptors (Lipinski definition) is 6. The van der Waals surface area contributed by atoms with Crippen LogP contribution in [-0.4, -0.2) is 35.2 Å². The maximum Gasteiger partial charge on any atom is 0.366 e. The molecule has 164 valence electrons. The van der Waals surface area contributed by atoms with Gasteiger partial charge in [-0.25, -0.2) is 23.5 Å². The smallest absolute Gasteiger partial charge is 0.366 e. The van der Waals surface area contributed by atoms with E-state index in [2.05, 4.69) is 15.0 Å². The molecule has 1 aliphatic carbocycles. The molecule has 0 radical (unpaired) electrons. The third-order valence-electron chi connectivity index (χ3n) is 5.78. The first-order valence-electron chi connectivity index (χ1n) is 9.90. The molecule has 0 aliphatic heterocycles. The summed E-state index contributed by atoms with van der Waals surface area (Å²) >= 11 is 0. The molecule has 10 heteroatoms. The van der Waals surface area contributed by atoms with Crippen LogP contribution in [-0.2, 0) is 15.4 Å². The van der Waals surface area contributed by atoms with E-state index in [0.717, 1.165) is 36.0 Å². The van der Waals surface area contributed by atoms with Gasteiger partial charge in [-0.3, -0.25) is 5.41 Å². The summed E-state index contributed by atoms with van der Waals surface area (Å²) in [6.45, 7) is 0. The maximum atomic E-state index is 11.4. The summed E-state index contributed by atoms with van der Waals surface area (Å²) in [4.78, 5) is 12.2. The number of anilines is 1. The van der Waals surface area contributed by atoms with Crippen LogP contribution < -0.4 is 10.9 Å². The van der Waals surface area contributed by atoms with Gasteiger partial charge in [-0.05, 0) is 48.2 Å². The third kappa shape index (κ3) is 4.10. The van der Waals surface area contributed by atoms with Crippen molar-refractivity contribution in [2.75, 3.05) is 5.73 Å². The number of nitrogens with two attached hydrogens (primary N) is 2. The lowest BCUT2D eigenvalue weighted by Gasteiger charge is -2.41.